The Hall–Kier alpha value is -2.67. The van der Waals surface area contributed by atoms with E-state index >= 15 is 0 Å². The van der Waals surface area contributed by atoms with Crippen LogP contribution < -0.4 is 4.74 Å². The van der Waals surface area contributed by atoms with Crippen LogP contribution in [0.25, 0.3) is 11.4 Å². The first kappa shape index (κ1) is 22.0. The molecule has 1 heterocycles. The highest BCUT2D eigenvalue weighted by Crippen LogP contribution is 2.26. The van der Waals surface area contributed by atoms with Crippen LogP contribution in [0.4, 0.5) is 0 Å². The molecule has 2 aromatic carbocycles. The predicted octanol–water partition coefficient (Wildman–Crippen LogP) is 5.24. The SMILES string of the molecule is Cc1cccc(-c2noc(CN(C(=O)COc3cc(C)c(Br)cc3C)C(C)C)n2)c1. The summed E-state index contributed by atoms with van der Waals surface area (Å²) in [5, 5.41) is 4.06. The van der Waals surface area contributed by atoms with E-state index in [2.05, 4.69) is 26.1 Å². The molecule has 0 aliphatic rings. The molecular weight excluding hydrogens is 446 g/mol. The molecule has 1 aromatic heterocycles. The van der Waals surface area contributed by atoms with Gasteiger partial charge in [0.05, 0.1) is 0 Å². The zero-order chi connectivity index (χ0) is 21.8. The Bertz CT molecular complexity index is 1050. The normalized spacial score (nSPS) is 11.0. The van der Waals surface area contributed by atoms with Crippen LogP contribution in [-0.4, -0.2) is 33.6 Å². The third kappa shape index (κ3) is 5.27. The summed E-state index contributed by atoms with van der Waals surface area (Å²) in [5.74, 6) is 1.47. The number of benzene rings is 2. The van der Waals surface area contributed by atoms with Gasteiger partial charge in [0.25, 0.3) is 5.91 Å². The van der Waals surface area contributed by atoms with Gasteiger partial charge in [-0.2, -0.15) is 4.98 Å². The van der Waals surface area contributed by atoms with Crippen molar-refractivity contribution in [2.24, 2.45) is 0 Å². The van der Waals surface area contributed by atoms with E-state index in [-0.39, 0.29) is 25.1 Å². The number of aromatic nitrogens is 2. The highest BCUT2D eigenvalue weighted by molar-refractivity contribution is 9.10. The summed E-state index contributed by atoms with van der Waals surface area (Å²) in [4.78, 5) is 19.0. The van der Waals surface area contributed by atoms with Crippen LogP contribution in [0, 0.1) is 20.8 Å². The molecule has 6 nitrogen and oxygen atoms in total. The van der Waals surface area contributed by atoms with Crippen molar-refractivity contribution >= 4 is 21.8 Å². The van der Waals surface area contributed by atoms with Gasteiger partial charge in [0.1, 0.15) is 12.3 Å². The Morgan fingerprint density at radius 2 is 1.93 bits per heavy atom. The molecule has 0 N–H and O–H groups in total. The van der Waals surface area contributed by atoms with Gasteiger partial charge in [-0.15, -0.1) is 0 Å². The van der Waals surface area contributed by atoms with Crippen LogP contribution in [0.3, 0.4) is 0 Å². The molecule has 0 saturated heterocycles. The number of ether oxygens (including phenoxy) is 1. The van der Waals surface area contributed by atoms with Gasteiger partial charge in [0, 0.05) is 16.1 Å². The number of nitrogens with zero attached hydrogens (tertiary/aromatic N) is 3. The molecule has 0 bridgehead atoms. The van der Waals surface area contributed by atoms with E-state index < -0.39 is 0 Å². The van der Waals surface area contributed by atoms with Gasteiger partial charge >= 0.3 is 0 Å². The number of amides is 1. The summed E-state index contributed by atoms with van der Waals surface area (Å²) in [5.41, 5.74) is 4.03. The largest absolute Gasteiger partial charge is 0.483 e. The maximum atomic E-state index is 12.8. The summed E-state index contributed by atoms with van der Waals surface area (Å²) in [7, 11) is 0. The van der Waals surface area contributed by atoms with Crippen molar-refractivity contribution in [3.05, 3.63) is 63.5 Å². The van der Waals surface area contributed by atoms with Crippen molar-refractivity contribution in [3.63, 3.8) is 0 Å². The predicted molar refractivity (Wildman–Crippen MR) is 119 cm³/mol. The average molecular weight is 472 g/mol. The van der Waals surface area contributed by atoms with E-state index in [9.17, 15) is 4.79 Å². The van der Waals surface area contributed by atoms with Crippen LogP contribution in [0.15, 0.2) is 45.4 Å². The molecular formula is C23H26BrN3O3. The first-order chi connectivity index (χ1) is 14.2. The number of hydrogen-bond acceptors (Lipinski definition) is 5. The van der Waals surface area contributed by atoms with Gasteiger partial charge in [-0.1, -0.05) is 44.8 Å². The minimum atomic E-state index is -0.139. The molecule has 30 heavy (non-hydrogen) atoms. The summed E-state index contributed by atoms with van der Waals surface area (Å²) in [6, 6.07) is 11.8. The molecule has 3 aromatic rings. The topological polar surface area (TPSA) is 68.5 Å². The van der Waals surface area contributed by atoms with Gasteiger partial charge in [-0.3, -0.25) is 4.79 Å². The second-order valence-corrected chi connectivity index (χ2v) is 8.51. The molecule has 0 unspecified atom stereocenters. The van der Waals surface area contributed by atoms with Gasteiger partial charge in [-0.05, 0) is 63.9 Å². The van der Waals surface area contributed by atoms with E-state index in [1.54, 1.807) is 4.90 Å². The van der Waals surface area contributed by atoms with Gasteiger partial charge in [0.15, 0.2) is 6.61 Å². The number of rotatable bonds is 7. The second-order valence-electron chi connectivity index (χ2n) is 7.65. The third-order valence-corrected chi connectivity index (χ3v) is 5.66. The van der Waals surface area contributed by atoms with E-state index in [4.69, 9.17) is 9.26 Å². The van der Waals surface area contributed by atoms with E-state index in [1.165, 1.54) is 0 Å². The molecule has 0 spiro atoms. The highest BCUT2D eigenvalue weighted by Gasteiger charge is 2.21. The van der Waals surface area contributed by atoms with Crippen molar-refractivity contribution in [2.45, 2.75) is 47.2 Å². The van der Waals surface area contributed by atoms with Crippen molar-refractivity contribution in [3.8, 4) is 17.1 Å². The summed E-state index contributed by atoms with van der Waals surface area (Å²) < 4.78 is 12.2. The summed E-state index contributed by atoms with van der Waals surface area (Å²) in [6.45, 7) is 10.0. The lowest BCUT2D eigenvalue weighted by molar-refractivity contribution is -0.136. The van der Waals surface area contributed by atoms with Gasteiger partial charge in [-0.25, -0.2) is 0 Å². The van der Waals surface area contributed by atoms with Crippen molar-refractivity contribution in [1.29, 1.82) is 0 Å². The Morgan fingerprint density at radius 1 is 1.17 bits per heavy atom. The molecule has 0 fully saturated rings. The molecule has 1 amide bonds. The quantitative estimate of drug-likeness (QED) is 0.471. The maximum Gasteiger partial charge on any atom is 0.261 e. The van der Waals surface area contributed by atoms with Crippen molar-refractivity contribution < 1.29 is 14.1 Å². The maximum absolute atomic E-state index is 12.8. The average Bonchev–Trinajstić information content (AvgIpc) is 3.16. The van der Waals surface area contributed by atoms with Crippen LogP contribution in [-0.2, 0) is 11.3 Å². The lowest BCUT2D eigenvalue weighted by Gasteiger charge is -2.25. The van der Waals surface area contributed by atoms with E-state index in [1.807, 2.05) is 71.0 Å². The standard InChI is InChI=1S/C23H26BrN3O3/c1-14(2)27(22(28)13-29-20-11-16(4)19(24)10-17(20)5)12-21-25-23(26-30-21)18-8-6-7-15(3)9-18/h6-11,14H,12-13H2,1-5H3. The number of carbonyl (C=O) groups excluding carboxylic acids is 1. The zero-order valence-electron chi connectivity index (χ0n) is 17.9. The first-order valence-electron chi connectivity index (χ1n) is 9.83. The molecule has 0 saturated carbocycles. The van der Waals surface area contributed by atoms with E-state index in [0.717, 1.165) is 26.7 Å². The number of hydrogen-bond donors (Lipinski definition) is 0. The number of carbonyl (C=O) groups is 1. The summed E-state index contributed by atoms with van der Waals surface area (Å²) in [6.07, 6.45) is 0. The lowest BCUT2D eigenvalue weighted by atomic mass is 10.1. The van der Waals surface area contributed by atoms with Crippen LogP contribution in [0.2, 0.25) is 0 Å². The molecule has 7 heteroatoms. The Morgan fingerprint density at radius 3 is 2.63 bits per heavy atom. The van der Waals surface area contributed by atoms with Gasteiger partial charge < -0.3 is 14.2 Å². The minimum Gasteiger partial charge on any atom is -0.483 e. The number of halogens is 1. The highest BCUT2D eigenvalue weighted by atomic mass is 79.9. The fourth-order valence-corrected chi connectivity index (χ4v) is 3.52. The number of aryl methyl sites for hydroxylation is 3. The van der Waals surface area contributed by atoms with E-state index in [0.29, 0.717) is 17.5 Å². The van der Waals surface area contributed by atoms with Crippen LogP contribution >= 0.6 is 15.9 Å². The second kappa shape index (κ2) is 9.43. The van der Waals surface area contributed by atoms with Crippen LogP contribution in [0.5, 0.6) is 5.75 Å². The smallest absolute Gasteiger partial charge is 0.261 e. The third-order valence-electron chi connectivity index (χ3n) is 4.80. The first-order valence-corrected chi connectivity index (χ1v) is 10.6. The Labute approximate surface area is 185 Å². The molecule has 3 rings (SSSR count). The molecule has 0 aliphatic carbocycles. The zero-order valence-corrected chi connectivity index (χ0v) is 19.5. The minimum absolute atomic E-state index is 0.0387. The molecule has 0 radical (unpaired) electrons. The van der Waals surface area contributed by atoms with Crippen molar-refractivity contribution in [1.82, 2.24) is 15.0 Å². The Balaban J connectivity index is 1.69. The van der Waals surface area contributed by atoms with Gasteiger partial charge in [0.2, 0.25) is 11.7 Å². The lowest BCUT2D eigenvalue weighted by Crippen LogP contribution is -2.39. The molecule has 158 valence electrons. The van der Waals surface area contributed by atoms with Crippen LogP contribution in [0.1, 0.15) is 36.4 Å². The van der Waals surface area contributed by atoms with Crippen molar-refractivity contribution in [2.75, 3.05) is 6.61 Å². The molecule has 0 aliphatic heterocycles. The fraction of sp³-hybridized carbons (Fsp3) is 0.348. The fourth-order valence-electron chi connectivity index (χ4n) is 3.06. The summed E-state index contributed by atoms with van der Waals surface area (Å²) >= 11 is 3.51. The monoisotopic (exact) mass is 471 g/mol. The Kier molecular flexibility index (Phi) is 6.92. The molecule has 0 atom stereocenters.